The second-order valence-electron chi connectivity index (χ2n) is 7.83. The van der Waals surface area contributed by atoms with Crippen LogP contribution in [0.5, 0.6) is 0 Å². The van der Waals surface area contributed by atoms with Crippen molar-refractivity contribution in [3.63, 3.8) is 0 Å². The fraction of sp³-hybridized carbons (Fsp3) is 0.125. The van der Waals surface area contributed by atoms with E-state index >= 15 is 0 Å². The van der Waals surface area contributed by atoms with Crippen molar-refractivity contribution < 1.29 is 21.3 Å². The first-order valence-electron chi connectivity index (χ1n) is 10.4. The summed E-state index contributed by atoms with van der Waals surface area (Å²) < 4.78 is 60.8. The SMILES string of the molecule is CC(C)NS(=O)(=O)c1ccc(NS(=O)(=O)c2ccc(-c3ncc(-c4ccccc4)o3)cc2)cc1. The van der Waals surface area contributed by atoms with Gasteiger partial charge in [0.05, 0.1) is 16.0 Å². The number of oxazole rings is 1. The normalized spacial score (nSPS) is 12.1. The van der Waals surface area contributed by atoms with Gasteiger partial charge in [0.15, 0.2) is 5.76 Å². The van der Waals surface area contributed by atoms with Gasteiger partial charge in [0, 0.05) is 22.9 Å². The fourth-order valence-electron chi connectivity index (χ4n) is 3.21. The van der Waals surface area contributed by atoms with Crippen LogP contribution in [-0.2, 0) is 20.0 Å². The number of aromatic nitrogens is 1. The molecule has 0 aliphatic rings. The van der Waals surface area contributed by atoms with E-state index < -0.39 is 20.0 Å². The van der Waals surface area contributed by atoms with Crippen molar-refractivity contribution >= 4 is 25.7 Å². The van der Waals surface area contributed by atoms with Crippen molar-refractivity contribution in [3.8, 4) is 22.8 Å². The highest BCUT2D eigenvalue weighted by molar-refractivity contribution is 7.92. The van der Waals surface area contributed by atoms with Gasteiger partial charge in [0.25, 0.3) is 10.0 Å². The molecule has 176 valence electrons. The molecule has 0 aliphatic heterocycles. The predicted molar refractivity (Wildman–Crippen MR) is 130 cm³/mol. The highest BCUT2D eigenvalue weighted by Gasteiger charge is 2.18. The topological polar surface area (TPSA) is 118 Å². The first-order valence-corrected chi connectivity index (χ1v) is 13.4. The first kappa shape index (κ1) is 23.7. The number of hydrogen-bond donors (Lipinski definition) is 2. The molecule has 34 heavy (non-hydrogen) atoms. The molecule has 0 atom stereocenters. The third-order valence-corrected chi connectivity index (χ3v) is 7.85. The summed E-state index contributed by atoms with van der Waals surface area (Å²) in [6, 6.07) is 20.9. The maximum Gasteiger partial charge on any atom is 0.261 e. The van der Waals surface area contributed by atoms with Gasteiger partial charge in [0.1, 0.15) is 0 Å². The average Bonchev–Trinajstić information content (AvgIpc) is 3.29. The van der Waals surface area contributed by atoms with Crippen LogP contribution in [0.3, 0.4) is 0 Å². The molecule has 8 nitrogen and oxygen atoms in total. The molecular weight excluding hydrogens is 474 g/mol. The summed E-state index contributed by atoms with van der Waals surface area (Å²) in [7, 11) is -7.54. The van der Waals surface area contributed by atoms with Crippen molar-refractivity contribution in [1.82, 2.24) is 9.71 Å². The second-order valence-corrected chi connectivity index (χ2v) is 11.2. The Labute approximate surface area is 198 Å². The largest absolute Gasteiger partial charge is 0.436 e. The molecule has 0 saturated carbocycles. The number of nitrogens with one attached hydrogen (secondary N) is 2. The first-order chi connectivity index (χ1) is 16.1. The van der Waals surface area contributed by atoms with Crippen molar-refractivity contribution in [2.45, 2.75) is 29.7 Å². The molecular formula is C24H23N3O5S2. The van der Waals surface area contributed by atoms with Crippen LogP contribution in [0.2, 0.25) is 0 Å². The van der Waals surface area contributed by atoms with Gasteiger partial charge >= 0.3 is 0 Å². The zero-order valence-electron chi connectivity index (χ0n) is 18.5. The summed E-state index contributed by atoms with van der Waals surface area (Å²) in [4.78, 5) is 4.38. The summed E-state index contributed by atoms with van der Waals surface area (Å²) in [5.74, 6) is 0.991. The molecule has 1 heterocycles. The molecule has 0 saturated heterocycles. The summed E-state index contributed by atoms with van der Waals surface area (Å²) in [5.41, 5.74) is 1.77. The Balaban J connectivity index is 1.49. The van der Waals surface area contributed by atoms with Crippen LogP contribution in [0.25, 0.3) is 22.8 Å². The molecule has 0 radical (unpaired) electrons. The van der Waals surface area contributed by atoms with Gasteiger partial charge in [-0.3, -0.25) is 4.72 Å². The number of benzene rings is 3. The quantitative estimate of drug-likeness (QED) is 0.370. The minimum absolute atomic E-state index is 0.0456. The second kappa shape index (κ2) is 9.41. The fourth-order valence-corrected chi connectivity index (χ4v) is 5.52. The third-order valence-electron chi connectivity index (χ3n) is 4.78. The summed E-state index contributed by atoms with van der Waals surface area (Å²) in [6.45, 7) is 3.44. The van der Waals surface area contributed by atoms with Gasteiger partial charge in [0.2, 0.25) is 15.9 Å². The Bertz CT molecular complexity index is 1480. The van der Waals surface area contributed by atoms with Crippen LogP contribution < -0.4 is 9.44 Å². The predicted octanol–water partition coefficient (Wildman–Crippen LogP) is 4.50. The lowest BCUT2D eigenvalue weighted by Crippen LogP contribution is -2.30. The minimum atomic E-state index is -3.88. The van der Waals surface area contributed by atoms with Crippen LogP contribution in [-0.4, -0.2) is 27.9 Å². The highest BCUT2D eigenvalue weighted by Crippen LogP contribution is 2.27. The molecule has 0 unspecified atom stereocenters. The molecule has 4 rings (SSSR count). The molecule has 3 aromatic carbocycles. The standard InChI is InChI=1S/C24H23N3O5S2/c1-17(2)26-33(28,29)22-14-10-20(11-15-22)27-34(30,31)21-12-8-19(9-13-21)24-25-16-23(32-24)18-6-4-3-5-7-18/h3-17,26-27H,1-2H3. The molecule has 4 aromatic rings. The zero-order chi connectivity index (χ0) is 24.3. The van der Waals surface area contributed by atoms with E-state index in [0.29, 0.717) is 17.2 Å². The molecule has 0 amide bonds. The van der Waals surface area contributed by atoms with E-state index in [2.05, 4.69) is 14.4 Å². The van der Waals surface area contributed by atoms with E-state index in [-0.39, 0.29) is 21.5 Å². The molecule has 2 N–H and O–H groups in total. The van der Waals surface area contributed by atoms with Crippen molar-refractivity contribution in [3.05, 3.63) is 85.1 Å². The van der Waals surface area contributed by atoms with Crippen molar-refractivity contribution in [2.24, 2.45) is 0 Å². The lowest BCUT2D eigenvalue weighted by atomic mass is 10.2. The maximum absolute atomic E-state index is 12.8. The van der Waals surface area contributed by atoms with Crippen LogP contribution >= 0.6 is 0 Å². The van der Waals surface area contributed by atoms with Gasteiger partial charge in [-0.2, -0.15) is 0 Å². The number of nitrogens with zero attached hydrogens (tertiary/aromatic N) is 1. The van der Waals surface area contributed by atoms with E-state index in [1.165, 1.54) is 36.4 Å². The van der Waals surface area contributed by atoms with Gasteiger partial charge in [-0.15, -0.1) is 0 Å². The number of anilines is 1. The Morgan fingerprint density at radius 1 is 0.735 bits per heavy atom. The van der Waals surface area contributed by atoms with Gasteiger partial charge in [-0.25, -0.2) is 26.5 Å². The molecule has 0 fully saturated rings. The molecule has 10 heteroatoms. The Morgan fingerprint density at radius 2 is 1.32 bits per heavy atom. The summed E-state index contributed by atoms with van der Waals surface area (Å²) in [6.07, 6.45) is 1.62. The smallest absolute Gasteiger partial charge is 0.261 e. The maximum atomic E-state index is 12.8. The Morgan fingerprint density at radius 3 is 1.94 bits per heavy atom. The third kappa shape index (κ3) is 5.36. The minimum Gasteiger partial charge on any atom is -0.436 e. The molecule has 0 bridgehead atoms. The van der Waals surface area contributed by atoms with Crippen LogP contribution in [0, 0.1) is 0 Å². The van der Waals surface area contributed by atoms with Crippen molar-refractivity contribution in [2.75, 3.05) is 4.72 Å². The summed E-state index contributed by atoms with van der Waals surface area (Å²) >= 11 is 0. The number of hydrogen-bond acceptors (Lipinski definition) is 6. The van der Waals surface area contributed by atoms with Gasteiger partial charge < -0.3 is 4.42 Å². The Hall–Kier alpha value is -3.47. The monoisotopic (exact) mass is 497 g/mol. The van der Waals surface area contributed by atoms with Gasteiger partial charge in [-0.05, 0) is 62.4 Å². The van der Waals surface area contributed by atoms with E-state index in [0.717, 1.165) is 5.56 Å². The van der Waals surface area contributed by atoms with Crippen molar-refractivity contribution in [1.29, 1.82) is 0 Å². The van der Waals surface area contributed by atoms with E-state index in [1.807, 2.05) is 30.3 Å². The Kier molecular flexibility index (Phi) is 6.56. The lowest BCUT2D eigenvalue weighted by Gasteiger charge is -2.11. The average molecular weight is 498 g/mol. The van der Waals surface area contributed by atoms with E-state index in [1.54, 1.807) is 32.2 Å². The van der Waals surface area contributed by atoms with Crippen LogP contribution in [0.15, 0.2) is 99.3 Å². The van der Waals surface area contributed by atoms with E-state index in [9.17, 15) is 16.8 Å². The van der Waals surface area contributed by atoms with Gasteiger partial charge in [-0.1, -0.05) is 30.3 Å². The number of rotatable bonds is 8. The molecule has 0 aliphatic carbocycles. The van der Waals surface area contributed by atoms with Crippen LogP contribution in [0.4, 0.5) is 5.69 Å². The molecule has 1 aromatic heterocycles. The lowest BCUT2D eigenvalue weighted by molar-refractivity contribution is 0.570. The molecule has 0 spiro atoms. The summed E-state index contributed by atoms with van der Waals surface area (Å²) in [5, 5.41) is 0. The number of sulfonamides is 2. The van der Waals surface area contributed by atoms with E-state index in [4.69, 9.17) is 4.42 Å². The van der Waals surface area contributed by atoms with Crippen LogP contribution in [0.1, 0.15) is 13.8 Å². The zero-order valence-corrected chi connectivity index (χ0v) is 20.1. The highest BCUT2D eigenvalue weighted by atomic mass is 32.2.